The Morgan fingerprint density at radius 1 is 1.28 bits per heavy atom. The van der Waals surface area contributed by atoms with E-state index < -0.39 is 0 Å². The molecule has 0 spiro atoms. The lowest BCUT2D eigenvalue weighted by molar-refractivity contribution is -0.119. The molecule has 0 bridgehead atoms. The van der Waals surface area contributed by atoms with Gasteiger partial charge in [0.1, 0.15) is 6.61 Å². The van der Waals surface area contributed by atoms with Gasteiger partial charge in [0.25, 0.3) is 0 Å². The summed E-state index contributed by atoms with van der Waals surface area (Å²) in [5.74, 6) is 1.45. The fourth-order valence-corrected chi connectivity index (χ4v) is 3.79. The number of nitrogens with zero attached hydrogens (tertiary/aromatic N) is 3. The summed E-state index contributed by atoms with van der Waals surface area (Å²) in [7, 11) is 0. The second kappa shape index (κ2) is 7.06. The van der Waals surface area contributed by atoms with Crippen LogP contribution in [0.3, 0.4) is 0 Å². The van der Waals surface area contributed by atoms with Crippen LogP contribution in [0.1, 0.15) is 5.01 Å². The number of rotatable bonds is 5. The highest BCUT2D eigenvalue weighted by molar-refractivity contribution is 7.18. The topological polar surface area (TPSA) is 67.4 Å². The van der Waals surface area contributed by atoms with E-state index in [4.69, 9.17) is 4.74 Å². The molecule has 3 aromatic rings. The molecule has 128 valence electrons. The number of anilines is 1. The number of nitrogens with one attached hydrogen (secondary N) is 1. The second-order valence-electron chi connectivity index (χ2n) is 5.77. The van der Waals surface area contributed by atoms with Crippen molar-refractivity contribution in [1.82, 2.24) is 15.3 Å². The fourth-order valence-electron chi connectivity index (χ4n) is 2.82. The Morgan fingerprint density at radius 3 is 3.12 bits per heavy atom. The van der Waals surface area contributed by atoms with Gasteiger partial charge < -0.3 is 15.0 Å². The van der Waals surface area contributed by atoms with Crippen LogP contribution >= 0.6 is 11.3 Å². The Balaban J connectivity index is 1.31. The average Bonchev–Trinajstić information content (AvgIpc) is 3.05. The number of hydrogen-bond acceptors (Lipinski definition) is 6. The highest BCUT2D eigenvalue weighted by Gasteiger charge is 2.21. The summed E-state index contributed by atoms with van der Waals surface area (Å²) in [6, 6.07) is 11.8. The van der Waals surface area contributed by atoms with Gasteiger partial charge in [-0.1, -0.05) is 12.1 Å². The third-order valence-electron chi connectivity index (χ3n) is 4.00. The van der Waals surface area contributed by atoms with Gasteiger partial charge >= 0.3 is 0 Å². The zero-order valence-corrected chi connectivity index (χ0v) is 14.5. The number of carbonyl (C=O) groups is 1. The van der Waals surface area contributed by atoms with Gasteiger partial charge in [-0.2, -0.15) is 0 Å². The first-order chi connectivity index (χ1) is 12.3. The van der Waals surface area contributed by atoms with Gasteiger partial charge in [0, 0.05) is 19.2 Å². The average molecular weight is 354 g/mol. The van der Waals surface area contributed by atoms with Crippen molar-refractivity contribution in [3.05, 3.63) is 47.6 Å². The molecule has 6 nitrogen and oxygen atoms in total. The molecule has 1 N–H and O–H groups in total. The standard InChI is InChI=1S/C18H18N4O2S/c23-16(12-22-10-11-24-14-5-3-8-20-18(14)22)19-9-7-17-21-13-4-1-2-6-15(13)25-17/h1-6,8H,7,9-12H2,(H,19,23). The van der Waals surface area contributed by atoms with Crippen molar-refractivity contribution in [3.8, 4) is 5.75 Å². The largest absolute Gasteiger partial charge is 0.488 e. The van der Waals surface area contributed by atoms with E-state index in [9.17, 15) is 4.79 Å². The van der Waals surface area contributed by atoms with Gasteiger partial charge in [-0.25, -0.2) is 9.97 Å². The van der Waals surface area contributed by atoms with E-state index in [-0.39, 0.29) is 12.5 Å². The minimum atomic E-state index is -0.0142. The van der Waals surface area contributed by atoms with Crippen LogP contribution in [0, 0.1) is 0 Å². The van der Waals surface area contributed by atoms with E-state index in [0.717, 1.165) is 28.5 Å². The lowest BCUT2D eigenvalue weighted by Crippen LogP contribution is -2.42. The third-order valence-corrected chi connectivity index (χ3v) is 5.10. The first-order valence-electron chi connectivity index (χ1n) is 8.23. The molecular formula is C18H18N4O2S. The Hall–Kier alpha value is -2.67. The van der Waals surface area contributed by atoms with E-state index >= 15 is 0 Å². The number of hydrogen-bond donors (Lipinski definition) is 1. The monoisotopic (exact) mass is 354 g/mol. The van der Waals surface area contributed by atoms with Gasteiger partial charge in [0.05, 0.1) is 28.3 Å². The summed E-state index contributed by atoms with van der Waals surface area (Å²) in [6.07, 6.45) is 2.45. The molecule has 2 aromatic heterocycles. The quantitative estimate of drug-likeness (QED) is 0.761. The molecule has 0 radical (unpaired) electrons. The smallest absolute Gasteiger partial charge is 0.239 e. The van der Waals surface area contributed by atoms with Gasteiger partial charge in [0.15, 0.2) is 11.6 Å². The van der Waals surface area contributed by atoms with E-state index in [1.165, 1.54) is 4.70 Å². The van der Waals surface area contributed by atoms with Crippen LogP contribution in [-0.2, 0) is 11.2 Å². The molecule has 1 amide bonds. The predicted molar refractivity (Wildman–Crippen MR) is 98.3 cm³/mol. The molecule has 0 saturated carbocycles. The molecular weight excluding hydrogens is 336 g/mol. The van der Waals surface area contributed by atoms with Crippen molar-refractivity contribution >= 4 is 33.3 Å². The minimum Gasteiger partial charge on any atom is -0.488 e. The second-order valence-corrected chi connectivity index (χ2v) is 6.89. The zero-order valence-electron chi connectivity index (χ0n) is 13.6. The molecule has 7 heteroatoms. The first-order valence-corrected chi connectivity index (χ1v) is 9.05. The molecule has 4 rings (SSSR count). The van der Waals surface area contributed by atoms with Gasteiger partial charge in [0.2, 0.25) is 5.91 Å². The van der Waals surface area contributed by atoms with Crippen molar-refractivity contribution in [2.24, 2.45) is 0 Å². The summed E-state index contributed by atoms with van der Waals surface area (Å²) in [5, 5.41) is 4.01. The highest BCUT2D eigenvalue weighted by atomic mass is 32.1. The maximum atomic E-state index is 12.2. The molecule has 1 aromatic carbocycles. The molecule has 0 atom stereocenters. The van der Waals surface area contributed by atoms with Gasteiger partial charge in [-0.3, -0.25) is 4.79 Å². The molecule has 0 unspecified atom stereocenters. The van der Waals surface area contributed by atoms with Crippen molar-refractivity contribution < 1.29 is 9.53 Å². The normalized spacial score (nSPS) is 13.4. The number of aromatic nitrogens is 2. The van der Waals surface area contributed by atoms with E-state index in [1.807, 2.05) is 35.2 Å². The Bertz CT molecular complexity index is 862. The summed E-state index contributed by atoms with van der Waals surface area (Å²) >= 11 is 1.68. The lowest BCUT2D eigenvalue weighted by Gasteiger charge is -2.29. The van der Waals surface area contributed by atoms with E-state index in [2.05, 4.69) is 21.4 Å². The molecule has 0 aliphatic carbocycles. The number of ether oxygens (including phenoxy) is 1. The van der Waals surface area contributed by atoms with Crippen LogP contribution in [0.15, 0.2) is 42.6 Å². The molecule has 25 heavy (non-hydrogen) atoms. The van der Waals surface area contributed by atoms with Gasteiger partial charge in [-0.05, 0) is 24.3 Å². The number of amides is 1. The van der Waals surface area contributed by atoms with Crippen LogP contribution < -0.4 is 15.0 Å². The molecule has 0 fully saturated rings. The molecule has 0 saturated heterocycles. The van der Waals surface area contributed by atoms with Crippen LogP contribution in [0.4, 0.5) is 5.82 Å². The maximum Gasteiger partial charge on any atom is 0.239 e. The first kappa shape index (κ1) is 15.8. The lowest BCUT2D eigenvalue weighted by atomic mass is 10.3. The zero-order chi connectivity index (χ0) is 17.1. The Morgan fingerprint density at radius 2 is 2.20 bits per heavy atom. The maximum absolute atomic E-state index is 12.2. The van der Waals surface area contributed by atoms with Crippen LogP contribution in [0.5, 0.6) is 5.75 Å². The Kier molecular flexibility index (Phi) is 4.47. The van der Waals surface area contributed by atoms with Crippen LogP contribution in [0.25, 0.3) is 10.2 Å². The van der Waals surface area contributed by atoms with Crippen molar-refractivity contribution in [1.29, 1.82) is 0 Å². The minimum absolute atomic E-state index is 0.0142. The highest BCUT2D eigenvalue weighted by Crippen LogP contribution is 2.27. The number of para-hydroxylation sites is 1. The Labute approximate surface area is 149 Å². The van der Waals surface area contributed by atoms with Crippen LogP contribution in [0.2, 0.25) is 0 Å². The van der Waals surface area contributed by atoms with E-state index in [0.29, 0.717) is 19.7 Å². The third kappa shape index (κ3) is 3.56. The number of fused-ring (bicyclic) bond motifs is 2. The van der Waals surface area contributed by atoms with Gasteiger partial charge in [-0.15, -0.1) is 11.3 Å². The number of benzene rings is 1. The SMILES string of the molecule is O=C(CN1CCOc2cccnc21)NCCc1nc2ccccc2s1. The van der Waals surface area contributed by atoms with Crippen molar-refractivity contribution in [2.45, 2.75) is 6.42 Å². The predicted octanol–water partition coefficient (Wildman–Crippen LogP) is 2.25. The summed E-state index contributed by atoms with van der Waals surface area (Å²) in [4.78, 5) is 23.1. The van der Waals surface area contributed by atoms with Crippen molar-refractivity contribution in [3.63, 3.8) is 0 Å². The fraction of sp³-hybridized carbons (Fsp3) is 0.278. The summed E-state index contributed by atoms with van der Waals surface area (Å²) < 4.78 is 6.74. The summed E-state index contributed by atoms with van der Waals surface area (Å²) in [5.41, 5.74) is 1.02. The number of thiazole rings is 1. The van der Waals surface area contributed by atoms with Crippen LogP contribution in [-0.4, -0.2) is 42.1 Å². The van der Waals surface area contributed by atoms with E-state index in [1.54, 1.807) is 17.5 Å². The summed E-state index contributed by atoms with van der Waals surface area (Å²) in [6.45, 7) is 2.10. The molecule has 3 heterocycles. The number of pyridine rings is 1. The molecule has 1 aliphatic rings. The molecule has 1 aliphatic heterocycles. The number of carbonyl (C=O) groups excluding carboxylic acids is 1. The van der Waals surface area contributed by atoms with Crippen molar-refractivity contribution in [2.75, 3.05) is 31.1 Å².